The molecule has 4 aromatic rings. The first-order valence-electron chi connectivity index (χ1n) is 13.8. The summed E-state index contributed by atoms with van der Waals surface area (Å²) >= 11 is 0. The van der Waals surface area contributed by atoms with Crippen LogP contribution in [0.15, 0.2) is 121 Å². The molecular weight excluding hydrogens is 504 g/mol. The zero-order valence-corrected chi connectivity index (χ0v) is 23.9. The fourth-order valence-electron chi connectivity index (χ4n) is 5.14. The summed E-state index contributed by atoms with van der Waals surface area (Å²) in [6.45, 7) is 8.18. The number of benzene rings is 4. The fourth-order valence-corrected chi connectivity index (χ4v) is 7.89. The number of nitrogens with one attached hydrogen (secondary N) is 1. The van der Waals surface area contributed by atoms with E-state index in [0.717, 1.165) is 10.9 Å². The second kappa shape index (κ2) is 13.4. The summed E-state index contributed by atoms with van der Waals surface area (Å²) < 4.78 is 27.8. The highest BCUT2D eigenvalue weighted by molar-refractivity contribution is 7.62. The van der Waals surface area contributed by atoms with Gasteiger partial charge < -0.3 is 19.1 Å². The zero-order valence-electron chi connectivity index (χ0n) is 23.0. The van der Waals surface area contributed by atoms with Crippen molar-refractivity contribution >= 4 is 24.8 Å². The van der Waals surface area contributed by atoms with E-state index in [4.69, 9.17) is 9.10 Å². The van der Waals surface area contributed by atoms with Crippen molar-refractivity contribution in [3.8, 4) is 0 Å². The van der Waals surface area contributed by atoms with Gasteiger partial charge in [0.2, 0.25) is 7.37 Å². The molecule has 3 unspecified atom stereocenters. The average molecular weight is 543 g/mol. The molecular formula is C32H39BNO4P. The standard InChI is InChI=1S/C26H23BO4P.C6H15N/c28-25(21-13-5-1-6-14-21)32(29)26(22-15-7-2-8-16-22)30-27(31-32,23-17-9-3-10-18-23)24-19-11-4-12-20-24;1-4-7(5-2)6-3/h1-20,25-26,28H;4-6H2,1-3H3/q-1;/p+1. The monoisotopic (exact) mass is 543 g/mol. The van der Waals surface area contributed by atoms with Gasteiger partial charge in [-0.3, -0.25) is 4.57 Å². The van der Waals surface area contributed by atoms with Crippen molar-refractivity contribution in [1.29, 1.82) is 0 Å². The van der Waals surface area contributed by atoms with Crippen LogP contribution in [0, 0.1) is 0 Å². The molecule has 0 radical (unpaired) electrons. The van der Waals surface area contributed by atoms with Gasteiger partial charge in [-0.25, -0.2) is 0 Å². The molecule has 0 saturated carbocycles. The first-order valence-corrected chi connectivity index (χ1v) is 15.6. The van der Waals surface area contributed by atoms with Crippen molar-refractivity contribution in [3.05, 3.63) is 132 Å². The zero-order chi connectivity index (χ0) is 27.7. The molecule has 1 fully saturated rings. The molecule has 0 spiro atoms. The van der Waals surface area contributed by atoms with E-state index in [-0.39, 0.29) is 0 Å². The molecule has 1 heterocycles. The van der Waals surface area contributed by atoms with Crippen LogP contribution in [0.25, 0.3) is 0 Å². The molecule has 5 nitrogen and oxygen atoms in total. The van der Waals surface area contributed by atoms with Gasteiger partial charge in [-0.05, 0) is 31.9 Å². The summed E-state index contributed by atoms with van der Waals surface area (Å²) in [4.78, 5) is 1.68. The quantitative estimate of drug-likeness (QED) is 0.246. The molecule has 5 rings (SSSR count). The van der Waals surface area contributed by atoms with Gasteiger partial charge in [-0.15, -0.1) is 10.9 Å². The number of rotatable bonds is 8. The smallest absolute Gasteiger partial charge is 0.304 e. The first kappa shape index (κ1) is 29.0. The molecule has 1 saturated heterocycles. The van der Waals surface area contributed by atoms with Crippen LogP contribution in [0.5, 0.6) is 0 Å². The summed E-state index contributed by atoms with van der Waals surface area (Å²) in [6.07, 6.45) is 0. The molecule has 204 valence electrons. The lowest BCUT2D eigenvalue weighted by Gasteiger charge is -2.37. The number of hydrogen-bond acceptors (Lipinski definition) is 4. The predicted molar refractivity (Wildman–Crippen MR) is 161 cm³/mol. The van der Waals surface area contributed by atoms with E-state index in [9.17, 15) is 9.67 Å². The van der Waals surface area contributed by atoms with E-state index in [1.54, 1.807) is 17.0 Å². The van der Waals surface area contributed by atoms with Gasteiger partial charge in [0.1, 0.15) is 5.85 Å². The van der Waals surface area contributed by atoms with E-state index in [0.29, 0.717) is 11.1 Å². The van der Waals surface area contributed by atoms with E-state index < -0.39 is 25.6 Å². The van der Waals surface area contributed by atoms with E-state index in [1.165, 1.54) is 19.6 Å². The van der Waals surface area contributed by atoms with Crippen LogP contribution < -0.4 is 15.8 Å². The number of hydrogen-bond donors (Lipinski definition) is 2. The Balaban J connectivity index is 0.000000448. The Kier molecular flexibility index (Phi) is 9.96. The number of aliphatic hydroxyl groups excluding tert-OH is 1. The first-order chi connectivity index (χ1) is 19.0. The summed E-state index contributed by atoms with van der Waals surface area (Å²) in [5.74, 6) is -2.25. The Bertz CT molecular complexity index is 1280. The summed E-state index contributed by atoms with van der Waals surface area (Å²) in [6, 6.07) is 37.5. The van der Waals surface area contributed by atoms with Gasteiger partial charge >= 0.3 is 6.55 Å². The lowest BCUT2D eigenvalue weighted by molar-refractivity contribution is -0.894. The van der Waals surface area contributed by atoms with Crippen molar-refractivity contribution in [2.75, 3.05) is 19.6 Å². The Hall–Kier alpha value is -2.99. The average Bonchev–Trinajstić information content (AvgIpc) is 3.35. The third-order valence-electron chi connectivity index (χ3n) is 7.46. The van der Waals surface area contributed by atoms with E-state index in [2.05, 4.69) is 20.8 Å². The second-order valence-corrected chi connectivity index (χ2v) is 12.2. The van der Waals surface area contributed by atoms with Crippen LogP contribution >= 0.6 is 7.37 Å². The highest BCUT2D eigenvalue weighted by Crippen LogP contribution is 2.74. The summed E-state index contributed by atoms with van der Waals surface area (Å²) in [5, 5.41) is 11.4. The van der Waals surface area contributed by atoms with Gasteiger partial charge in [0, 0.05) is 0 Å². The van der Waals surface area contributed by atoms with Crippen LogP contribution in [0.1, 0.15) is 43.6 Å². The summed E-state index contributed by atoms with van der Waals surface area (Å²) in [7, 11) is -3.81. The van der Waals surface area contributed by atoms with Crippen molar-refractivity contribution in [2.45, 2.75) is 32.5 Å². The second-order valence-electron chi connectivity index (χ2n) is 9.78. The van der Waals surface area contributed by atoms with Crippen molar-refractivity contribution in [3.63, 3.8) is 0 Å². The van der Waals surface area contributed by atoms with Gasteiger partial charge in [-0.1, -0.05) is 121 Å². The van der Waals surface area contributed by atoms with Crippen molar-refractivity contribution in [2.24, 2.45) is 0 Å². The van der Waals surface area contributed by atoms with Crippen LogP contribution in [0.4, 0.5) is 0 Å². The fraction of sp³-hybridized carbons (Fsp3) is 0.250. The van der Waals surface area contributed by atoms with Crippen molar-refractivity contribution in [1.82, 2.24) is 0 Å². The van der Waals surface area contributed by atoms with Crippen LogP contribution in [-0.4, -0.2) is 31.3 Å². The molecule has 0 aromatic heterocycles. The Morgan fingerprint density at radius 1 is 0.718 bits per heavy atom. The minimum Gasteiger partial charge on any atom is -0.548 e. The van der Waals surface area contributed by atoms with Gasteiger partial charge in [0.25, 0.3) is 0 Å². The Labute approximate surface area is 232 Å². The molecule has 3 atom stereocenters. The normalized spacial score (nSPS) is 20.7. The minimum absolute atomic E-state index is 0.535. The molecule has 2 N–H and O–H groups in total. The molecule has 4 aromatic carbocycles. The Morgan fingerprint density at radius 2 is 1.13 bits per heavy atom. The topological polar surface area (TPSA) is 60.2 Å². The predicted octanol–water partition coefficient (Wildman–Crippen LogP) is 4.89. The number of aliphatic hydroxyl groups is 1. The lowest BCUT2D eigenvalue weighted by Crippen LogP contribution is -3.11. The highest BCUT2D eigenvalue weighted by atomic mass is 31.2. The molecule has 1 aliphatic rings. The lowest BCUT2D eigenvalue weighted by atomic mass is 9.47. The van der Waals surface area contributed by atoms with Gasteiger partial charge in [0.15, 0.2) is 5.85 Å². The minimum atomic E-state index is -3.81. The molecule has 0 bridgehead atoms. The maximum absolute atomic E-state index is 14.6. The summed E-state index contributed by atoms with van der Waals surface area (Å²) in [5.41, 5.74) is 2.80. The SMILES string of the molecule is CC[NH+](CC)CC.O=P1(C(O)c2ccccc2)O[B-](c2ccccc2)(c2ccccc2)OC1c1ccccc1. The van der Waals surface area contributed by atoms with Crippen LogP contribution in [-0.2, 0) is 13.7 Å². The van der Waals surface area contributed by atoms with E-state index >= 15 is 0 Å². The molecule has 1 aliphatic heterocycles. The maximum Gasteiger partial charge on any atom is 0.304 e. The molecule has 0 amide bonds. The number of quaternary nitrogens is 1. The molecule has 39 heavy (non-hydrogen) atoms. The van der Waals surface area contributed by atoms with Crippen LogP contribution in [0.3, 0.4) is 0 Å². The molecule has 7 heteroatoms. The van der Waals surface area contributed by atoms with Gasteiger partial charge in [0.05, 0.1) is 19.6 Å². The largest absolute Gasteiger partial charge is 0.548 e. The van der Waals surface area contributed by atoms with Crippen molar-refractivity contribution < 1.29 is 23.7 Å². The van der Waals surface area contributed by atoms with Crippen LogP contribution in [0.2, 0.25) is 0 Å². The third kappa shape index (κ3) is 6.27. The Morgan fingerprint density at radius 3 is 1.54 bits per heavy atom. The van der Waals surface area contributed by atoms with Gasteiger partial charge in [-0.2, -0.15) is 0 Å². The molecule has 0 aliphatic carbocycles. The van der Waals surface area contributed by atoms with E-state index in [1.807, 2.05) is 109 Å². The maximum atomic E-state index is 14.6. The third-order valence-corrected chi connectivity index (χ3v) is 10.1. The highest BCUT2D eigenvalue weighted by Gasteiger charge is 2.54.